The molecule has 102 valence electrons. The molecule has 4 heteroatoms. The van der Waals surface area contributed by atoms with Gasteiger partial charge in [-0.3, -0.25) is 9.59 Å². The van der Waals surface area contributed by atoms with Gasteiger partial charge < -0.3 is 9.84 Å². The average molecular weight is 262 g/mol. The van der Waals surface area contributed by atoms with Crippen LogP contribution in [-0.4, -0.2) is 30.1 Å². The van der Waals surface area contributed by atoms with Crippen LogP contribution in [0.3, 0.4) is 0 Å². The van der Waals surface area contributed by atoms with E-state index in [1.807, 2.05) is 0 Å². The Morgan fingerprint density at radius 3 is 2.63 bits per heavy atom. The van der Waals surface area contributed by atoms with Gasteiger partial charge in [0.1, 0.15) is 0 Å². The third-order valence-electron chi connectivity index (χ3n) is 3.63. The first kappa shape index (κ1) is 13.7. The van der Waals surface area contributed by atoms with E-state index in [-0.39, 0.29) is 11.7 Å². The van der Waals surface area contributed by atoms with Gasteiger partial charge in [-0.25, -0.2) is 0 Å². The number of carboxylic acid groups (broad SMARTS) is 1. The van der Waals surface area contributed by atoms with Crippen molar-refractivity contribution < 1.29 is 19.4 Å². The number of carbonyl (C=O) groups excluding carboxylic acids is 1. The molecule has 0 bridgehead atoms. The molecule has 1 aromatic rings. The number of hydrogen-bond donors (Lipinski definition) is 1. The Morgan fingerprint density at radius 2 is 2.00 bits per heavy atom. The molecule has 1 fully saturated rings. The zero-order valence-electron chi connectivity index (χ0n) is 11.0. The smallest absolute Gasteiger partial charge is 0.310 e. The molecule has 1 aliphatic rings. The van der Waals surface area contributed by atoms with E-state index in [9.17, 15) is 9.59 Å². The molecule has 19 heavy (non-hydrogen) atoms. The van der Waals surface area contributed by atoms with E-state index in [0.717, 1.165) is 12.8 Å². The SMILES string of the molecule is CC(C(=O)O)c1cccc(C(=O)C2CCOCC2)c1. The second-order valence-electron chi connectivity index (χ2n) is 4.94. The molecule has 1 saturated heterocycles. The summed E-state index contributed by atoms with van der Waals surface area (Å²) in [6, 6.07) is 6.97. The van der Waals surface area contributed by atoms with Gasteiger partial charge in [0.05, 0.1) is 5.92 Å². The first-order valence-electron chi connectivity index (χ1n) is 6.54. The maximum atomic E-state index is 12.3. The molecule has 1 heterocycles. The average Bonchev–Trinajstić information content (AvgIpc) is 2.46. The van der Waals surface area contributed by atoms with Crippen molar-refractivity contribution in [3.05, 3.63) is 35.4 Å². The highest BCUT2D eigenvalue weighted by Crippen LogP contribution is 2.23. The largest absolute Gasteiger partial charge is 0.481 e. The summed E-state index contributed by atoms with van der Waals surface area (Å²) in [5.41, 5.74) is 1.28. The number of carbonyl (C=O) groups is 2. The molecule has 0 radical (unpaired) electrons. The highest BCUT2D eigenvalue weighted by atomic mass is 16.5. The van der Waals surface area contributed by atoms with Crippen LogP contribution in [0.15, 0.2) is 24.3 Å². The Balaban J connectivity index is 2.18. The number of aliphatic carboxylic acids is 1. The van der Waals surface area contributed by atoms with Gasteiger partial charge in [-0.15, -0.1) is 0 Å². The van der Waals surface area contributed by atoms with E-state index in [1.54, 1.807) is 31.2 Å². The number of hydrogen-bond acceptors (Lipinski definition) is 3. The summed E-state index contributed by atoms with van der Waals surface area (Å²) in [5, 5.41) is 9.01. The van der Waals surface area contributed by atoms with Gasteiger partial charge in [0.25, 0.3) is 0 Å². The van der Waals surface area contributed by atoms with Crippen molar-refractivity contribution in [1.29, 1.82) is 0 Å². The third kappa shape index (κ3) is 3.20. The minimum atomic E-state index is -0.879. The van der Waals surface area contributed by atoms with Crippen molar-refractivity contribution in [2.24, 2.45) is 5.92 Å². The van der Waals surface area contributed by atoms with Crippen LogP contribution in [0.25, 0.3) is 0 Å². The van der Waals surface area contributed by atoms with Gasteiger partial charge in [0.2, 0.25) is 0 Å². The van der Waals surface area contributed by atoms with Gasteiger partial charge in [-0.1, -0.05) is 18.2 Å². The van der Waals surface area contributed by atoms with Crippen molar-refractivity contribution in [2.45, 2.75) is 25.7 Å². The molecule has 2 rings (SSSR count). The van der Waals surface area contributed by atoms with Crippen LogP contribution in [-0.2, 0) is 9.53 Å². The van der Waals surface area contributed by atoms with Crippen LogP contribution < -0.4 is 0 Å². The highest BCUT2D eigenvalue weighted by Gasteiger charge is 2.23. The zero-order chi connectivity index (χ0) is 13.8. The van der Waals surface area contributed by atoms with E-state index in [0.29, 0.717) is 24.3 Å². The van der Waals surface area contributed by atoms with E-state index < -0.39 is 11.9 Å². The Bertz CT molecular complexity index is 475. The predicted octanol–water partition coefficient (Wildman–Crippen LogP) is 2.48. The lowest BCUT2D eigenvalue weighted by Gasteiger charge is -2.21. The summed E-state index contributed by atoms with van der Waals surface area (Å²) in [6.07, 6.45) is 1.50. The normalized spacial score (nSPS) is 17.9. The predicted molar refractivity (Wildman–Crippen MR) is 70.4 cm³/mol. The fraction of sp³-hybridized carbons (Fsp3) is 0.467. The maximum absolute atomic E-state index is 12.3. The Labute approximate surface area is 112 Å². The molecule has 0 spiro atoms. The Morgan fingerprint density at radius 1 is 1.32 bits per heavy atom. The summed E-state index contributed by atoms with van der Waals surface area (Å²) >= 11 is 0. The highest BCUT2D eigenvalue weighted by molar-refractivity contribution is 5.98. The molecule has 1 aliphatic heterocycles. The van der Waals surface area contributed by atoms with Crippen LogP contribution in [0.1, 0.15) is 41.6 Å². The topological polar surface area (TPSA) is 63.6 Å². The molecule has 1 unspecified atom stereocenters. The van der Waals surface area contributed by atoms with E-state index in [2.05, 4.69) is 0 Å². The van der Waals surface area contributed by atoms with Crippen molar-refractivity contribution >= 4 is 11.8 Å². The summed E-state index contributed by atoms with van der Waals surface area (Å²) in [6.45, 7) is 2.88. The molecule has 0 saturated carbocycles. The summed E-state index contributed by atoms with van der Waals surface area (Å²) in [7, 11) is 0. The fourth-order valence-electron chi connectivity index (χ4n) is 2.30. The molecule has 1 N–H and O–H groups in total. The Hall–Kier alpha value is -1.68. The quantitative estimate of drug-likeness (QED) is 0.847. The number of ketones is 1. The molecular formula is C15H18O4. The second kappa shape index (κ2) is 5.97. The fourth-order valence-corrected chi connectivity index (χ4v) is 2.30. The van der Waals surface area contributed by atoms with Crippen molar-refractivity contribution in [2.75, 3.05) is 13.2 Å². The first-order valence-corrected chi connectivity index (χ1v) is 6.54. The van der Waals surface area contributed by atoms with Crippen LogP contribution in [0.4, 0.5) is 0 Å². The summed E-state index contributed by atoms with van der Waals surface area (Å²) in [4.78, 5) is 23.3. The van der Waals surface area contributed by atoms with Crippen molar-refractivity contribution in [3.63, 3.8) is 0 Å². The first-order chi connectivity index (χ1) is 9.09. The monoisotopic (exact) mass is 262 g/mol. The standard InChI is InChI=1S/C15H18O4/c1-10(15(17)18)12-3-2-4-13(9-12)14(16)11-5-7-19-8-6-11/h2-4,9-11H,5-8H2,1H3,(H,17,18). The van der Waals surface area contributed by atoms with Gasteiger partial charge in [-0.2, -0.15) is 0 Å². The minimum absolute atomic E-state index is 0.00383. The van der Waals surface area contributed by atoms with E-state index >= 15 is 0 Å². The summed E-state index contributed by atoms with van der Waals surface area (Å²) < 4.78 is 5.25. The second-order valence-corrected chi connectivity index (χ2v) is 4.94. The van der Waals surface area contributed by atoms with Crippen LogP contribution >= 0.6 is 0 Å². The zero-order valence-corrected chi connectivity index (χ0v) is 11.0. The molecule has 0 aromatic heterocycles. The van der Waals surface area contributed by atoms with Gasteiger partial charge >= 0.3 is 5.97 Å². The number of benzene rings is 1. The van der Waals surface area contributed by atoms with Gasteiger partial charge in [0, 0.05) is 24.7 Å². The lowest BCUT2D eigenvalue weighted by molar-refractivity contribution is -0.138. The summed E-state index contributed by atoms with van der Waals surface area (Å²) in [5.74, 6) is -1.37. The number of Topliss-reactive ketones (excluding diaryl/α,β-unsaturated/α-hetero) is 1. The minimum Gasteiger partial charge on any atom is -0.481 e. The van der Waals surface area contributed by atoms with E-state index in [1.165, 1.54) is 0 Å². The molecule has 1 aromatic carbocycles. The van der Waals surface area contributed by atoms with Crippen molar-refractivity contribution in [1.82, 2.24) is 0 Å². The van der Waals surface area contributed by atoms with Gasteiger partial charge in [-0.05, 0) is 31.4 Å². The molecule has 4 nitrogen and oxygen atoms in total. The van der Waals surface area contributed by atoms with Gasteiger partial charge in [0.15, 0.2) is 5.78 Å². The van der Waals surface area contributed by atoms with Crippen LogP contribution in [0.2, 0.25) is 0 Å². The molecule has 0 aliphatic carbocycles. The number of ether oxygens (including phenoxy) is 1. The molecular weight excluding hydrogens is 244 g/mol. The van der Waals surface area contributed by atoms with Crippen LogP contribution in [0.5, 0.6) is 0 Å². The van der Waals surface area contributed by atoms with E-state index in [4.69, 9.17) is 9.84 Å². The van der Waals surface area contributed by atoms with Crippen LogP contribution in [0, 0.1) is 5.92 Å². The third-order valence-corrected chi connectivity index (χ3v) is 3.63. The van der Waals surface area contributed by atoms with Crippen molar-refractivity contribution in [3.8, 4) is 0 Å². The Kier molecular flexibility index (Phi) is 4.32. The lowest BCUT2D eigenvalue weighted by atomic mass is 9.89. The number of rotatable bonds is 4. The maximum Gasteiger partial charge on any atom is 0.310 e. The lowest BCUT2D eigenvalue weighted by Crippen LogP contribution is -2.23. The molecule has 0 amide bonds. The molecule has 1 atom stereocenters. The number of carboxylic acids is 1.